The number of hydrogen-bond donors (Lipinski definition) is 2. The molecular weight excluding hydrogens is 266 g/mol. The first-order valence-electron chi connectivity index (χ1n) is 8.04. The van der Waals surface area contributed by atoms with Crippen molar-refractivity contribution in [1.29, 1.82) is 0 Å². The summed E-state index contributed by atoms with van der Waals surface area (Å²) in [5.41, 5.74) is 5.09. The molecule has 1 fully saturated rings. The van der Waals surface area contributed by atoms with Crippen LogP contribution in [0.15, 0.2) is 0 Å². The van der Waals surface area contributed by atoms with Crippen molar-refractivity contribution in [2.45, 2.75) is 65.0 Å². The third kappa shape index (κ3) is 3.26. The predicted octanol–water partition coefficient (Wildman–Crippen LogP) is 1.04. The number of carbonyl (C=O) groups excluding carboxylic acids is 1. The molecule has 0 aromatic carbocycles. The maximum atomic E-state index is 12.2. The van der Waals surface area contributed by atoms with Gasteiger partial charge in [-0.3, -0.25) is 4.79 Å². The van der Waals surface area contributed by atoms with Crippen LogP contribution in [0.25, 0.3) is 0 Å². The van der Waals surface area contributed by atoms with Crippen LogP contribution in [0.5, 0.6) is 0 Å². The Hall–Kier alpha value is -1.43. The van der Waals surface area contributed by atoms with E-state index < -0.39 is 5.54 Å². The number of carbonyl (C=O) groups is 1. The van der Waals surface area contributed by atoms with E-state index in [9.17, 15) is 4.79 Å². The third-order valence-corrected chi connectivity index (χ3v) is 4.23. The summed E-state index contributed by atoms with van der Waals surface area (Å²) in [6.45, 7) is 7.46. The Labute approximate surface area is 126 Å². The smallest absolute Gasteiger partial charge is 0.239 e. The SMILES string of the molecule is CCCNC(Cn1nc(CC)nc1CC)(C(N)=O)C1CC1. The molecule has 1 aliphatic rings. The van der Waals surface area contributed by atoms with Gasteiger partial charge < -0.3 is 11.1 Å². The fraction of sp³-hybridized carbons (Fsp3) is 0.800. The van der Waals surface area contributed by atoms with E-state index in [2.05, 4.69) is 29.2 Å². The Balaban J connectivity index is 2.29. The minimum Gasteiger partial charge on any atom is -0.368 e. The normalized spacial score (nSPS) is 17.7. The number of nitrogens with zero attached hydrogens (tertiary/aromatic N) is 3. The summed E-state index contributed by atoms with van der Waals surface area (Å²) in [5, 5.41) is 7.95. The molecule has 1 aromatic rings. The summed E-state index contributed by atoms with van der Waals surface area (Å²) in [6, 6.07) is 0. The summed E-state index contributed by atoms with van der Waals surface area (Å²) in [6.07, 6.45) is 4.68. The van der Waals surface area contributed by atoms with Crippen LogP contribution in [0.1, 0.15) is 51.7 Å². The molecule has 2 rings (SSSR count). The monoisotopic (exact) mass is 293 g/mol. The van der Waals surface area contributed by atoms with Crippen molar-refractivity contribution >= 4 is 5.91 Å². The highest BCUT2D eigenvalue weighted by Crippen LogP contribution is 2.40. The van der Waals surface area contributed by atoms with Crippen LogP contribution in [0.4, 0.5) is 0 Å². The quantitative estimate of drug-likeness (QED) is 0.712. The molecule has 1 aliphatic carbocycles. The zero-order chi connectivity index (χ0) is 15.5. The summed E-state index contributed by atoms with van der Waals surface area (Å²) < 4.78 is 1.88. The molecule has 6 heteroatoms. The molecule has 0 bridgehead atoms. The second-order valence-electron chi connectivity index (χ2n) is 5.85. The van der Waals surface area contributed by atoms with Crippen LogP contribution < -0.4 is 11.1 Å². The molecule has 1 saturated carbocycles. The van der Waals surface area contributed by atoms with Gasteiger partial charge in [-0.05, 0) is 31.7 Å². The molecule has 1 atom stereocenters. The second kappa shape index (κ2) is 6.56. The van der Waals surface area contributed by atoms with Gasteiger partial charge in [-0.1, -0.05) is 20.8 Å². The predicted molar refractivity (Wildman–Crippen MR) is 81.7 cm³/mol. The Morgan fingerprint density at radius 3 is 2.57 bits per heavy atom. The highest BCUT2D eigenvalue weighted by Gasteiger charge is 2.50. The van der Waals surface area contributed by atoms with E-state index in [1.165, 1.54) is 0 Å². The zero-order valence-corrected chi connectivity index (χ0v) is 13.4. The van der Waals surface area contributed by atoms with E-state index in [1.807, 2.05) is 11.6 Å². The largest absolute Gasteiger partial charge is 0.368 e. The molecule has 1 heterocycles. The lowest BCUT2D eigenvalue weighted by Crippen LogP contribution is -2.60. The maximum Gasteiger partial charge on any atom is 0.239 e. The number of nitrogens with one attached hydrogen (secondary N) is 1. The number of nitrogens with two attached hydrogens (primary N) is 1. The summed E-state index contributed by atoms with van der Waals surface area (Å²) in [5.74, 6) is 1.81. The summed E-state index contributed by atoms with van der Waals surface area (Å²) >= 11 is 0. The fourth-order valence-corrected chi connectivity index (χ4v) is 2.82. The number of aryl methyl sites for hydroxylation is 2. The van der Waals surface area contributed by atoms with Gasteiger partial charge >= 0.3 is 0 Å². The van der Waals surface area contributed by atoms with Crippen molar-refractivity contribution in [3.63, 3.8) is 0 Å². The third-order valence-electron chi connectivity index (χ3n) is 4.23. The minimum absolute atomic E-state index is 0.269. The van der Waals surface area contributed by atoms with Crippen LogP contribution in [0.3, 0.4) is 0 Å². The van der Waals surface area contributed by atoms with Gasteiger partial charge in [0.1, 0.15) is 11.4 Å². The highest BCUT2D eigenvalue weighted by atomic mass is 16.1. The molecule has 1 unspecified atom stereocenters. The fourth-order valence-electron chi connectivity index (χ4n) is 2.82. The van der Waals surface area contributed by atoms with E-state index in [0.717, 1.165) is 50.3 Å². The van der Waals surface area contributed by atoms with Crippen LogP contribution >= 0.6 is 0 Å². The van der Waals surface area contributed by atoms with Crippen molar-refractivity contribution in [2.75, 3.05) is 6.54 Å². The van der Waals surface area contributed by atoms with Gasteiger partial charge in [-0.2, -0.15) is 5.10 Å². The Morgan fingerprint density at radius 2 is 2.10 bits per heavy atom. The van der Waals surface area contributed by atoms with E-state index >= 15 is 0 Å². The molecule has 118 valence electrons. The Morgan fingerprint density at radius 1 is 1.38 bits per heavy atom. The average Bonchev–Trinajstić information content (AvgIpc) is 3.25. The van der Waals surface area contributed by atoms with Crippen molar-refractivity contribution in [3.05, 3.63) is 11.6 Å². The van der Waals surface area contributed by atoms with Crippen molar-refractivity contribution < 1.29 is 4.79 Å². The zero-order valence-electron chi connectivity index (χ0n) is 13.4. The lowest BCUT2D eigenvalue weighted by atomic mass is 9.91. The van der Waals surface area contributed by atoms with Gasteiger partial charge in [0.05, 0.1) is 6.54 Å². The van der Waals surface area contributed by atoms with Crippen LogP contribution in [0, 0.1) is 5.92 Å². The first kappa shape index (κ1) is 15.9. The Bertz CT molecular complexity index is 494. The first-order chi connectivity index (χ1) is 10.1. The first-order valence-corrected chi connectivity index (χ1v) is 8.04. The molecule has 1 aromatic heterocycles. The molecule has 0 spiro atoms. The molecule has 3 N–H and O–H groups in total. The number of primary amides is 1. The highest BCUT2D eigenvalue weighted by molar-refractivity contribution is 5.85. The van der Waals surface area contributed by atoms with Crippen LogP contribution in [-0.2, 0) is 24.2 Å². The van der Waals surface area contributed by atoms with Crippen molar-refractivity contribution in [3.8, 4) is 0 Å². The number of aromatic nitrogens is 3. The van der Waals surface area contributed by atoms with Gasteiger partial charge in [-0.15, -0.1) is 0 Å². The summed E-state index contributed by atoms with van der Waals surface area (Å²) in [7, 11) is 0. The molecule has 6 nitrogen and oxygen atoms in total. The lowest BCUT2D eigenvalue weighted by Gasteiger charge is -2.32. The van der Waals surface area contributed by atoms with E-state index in [4.69, 9.17) is 5.73 Å². The van der Waals surface area contributed by atoms with Gasteiger partial charge in [0, 0.05) is 12.8 Å². The molecular formula is C15H27N5O. The van der Waals surface area contributed by atoms with Crippen LogP contribution in [0.2, 0.25) is 0 Å². The van der Waals surface area contributed by atoms with Crippen LogP contribution in [-0.4, -0.2) is 32.8 Å². The molecule has 21 heavy (non-hydrogen) atoms. The summed E-state index contributed by atoms with van der Waals surface area (Å²) in [4.78, 5) is 16.7. The van der Waals surface area contributed by atoms with Gasteiger partial charge in [-0.25, -0.2) is 9.67 Å². The second-order valence-corrected chi connectivity index (χ2v) is 5.85. The molecule has 0 saturated heterocycles. The average molecular weight is 293 g/mol. The van der Waals surface area contributed by atoms with Gasteiger partial charge in [0.2, 0.25) is 5.91 Å². The van der Waals surface area contributed by atoms with Gasteiger partial charge in [0.15, 0.2) is 5.82 Å². The van der Waals surface area contributed by atoms with E-state index in [1.54, 1.807) is 0 Å². The van der Waals surface area contributed by atoms with Crippen molar-refractivity contribution in [2.24, 2.45) is 11.7 Å². The van der Waals surface area contributed by atoms with Crippen molar-refractivity contribution in [1.82, 2.24) is 20.1 Å². The molecule has 0 radical (unpaired) electrons. The lowest BCUT2D eigenvalue weighted by molar-refractivity contribution is -0.126. The standard InChI is InChI=1S/C15H27N5O/c1-4-9-17-15(14(16)21,11-7-8-11)10-20-13(6-3)18-12(5-2)19-20/h11,17H,4-10H2,1-3H3,(H2,16,21). The van der Waals surface area contributed by atoms with E-state index in [-0.39, 0.29) is 5.91 Å². The topological polar surface area (TPSA) is 85.8 Å². The number of rotatable bonds is 9. The Kier molecular flexibility index (Phi) is 4.98. The maximum absolute atomic E-state index is 12.2. The molecule has 0 aliphatic heterocycles. The number of hydrogen-bond acceptors (Lipinski definition) is 4. The minimum atomic E-state index is -0.682. The van der Waals surface area contributed by atoms with E-state index in [0.29, 0.717) is 12.5 Å². The number of amides is 1. The van der Waals surface area contributed by atoms with Gasteiger partial charge in [0.25, 0.3) is 0 Å². The molecule has 1 amide bonds.